The molecule has 1 atom stereocenters. The molecule has 0 heterocycles. The Balaban J connectivity index is 4.17. The van der Waals surface area contributed by atoms with Crippen LogP contribution in [0.3, 0.4) is 0 Å². The van der Waals surface area contributed by atoms with Gasteiger partial charge in [0.2, 0.25) is 0 Å². The van der Waals surface area contributed by atoms with Gasteiger partial charge in [-0.3, -0.25) is 14.4 Å². The molecule has 0 spiro atoms. The summed E-state index contributed by atoms with van der Waals surface area (Å²) in [5, 5.41) is 0. The number of hydrogen-bond acceptors (Lipinski definition) is 6. The summed E-state index contributed by atoms with van der Waals surface area (Å²) in [6.45, 7) is 6.51. The van der Waals surface area contributed by atoms with Gasteiger partial charge in [-0.15, -0.1) is 0 Å². The topological polar surface area (TPSA) is 78.9 Å². The molecule has 0 aromatic heterocycles. The lowest BCUT2D eigenvalue weighted by atomic mass is 10.0. The van der Waals surface area contributed by atoms with Crippen molar-refractivity contribution >= 4 is 17.9 Å². The Hall–Kier alpha value is -2.89. The first-order valence-electron chi connectivity index (χ1n) is 34.8. The largest absolute Gasteiger partial charge is 0.462 e. The standard InChI is InChI=1S/C73H132O6/c1-4-7-10-13-16-19-22-25-27-29-30-31-32-33-34-35-36-37-38-39-40-41-42-44-45-48-51-54-57-60-63-66-72(75)78-69-70(68-77-71(74)65-62-59-56-53-50-47-24-21-18-15-12-9-6-3)79-73(76)67-64-61-58-55-52-49-46-43-28-26-23-20-17-14-11-8-5-2/h9,12,18,21,26,28,47,50,56,59,70H,4-8,10-11,13-17,19-20,22-25,27,29-46,48-49,51-55,57-58,60-69H2,1-3H3/b12-9-,21-18-,28-26-,50-47-,59-56-. The molecule has 0 aromatic rings. The van der Waals surface area contributed by atoms with E-state index in [1.54, 1.807) is 0 Å². The van der Waals surface area contributed by atoms with Gasteiger partial charge in [-0.25, -0.2) is 0 Å². The molecule has 460 valence electrons. The van der Waals surface area contributed by atoms with Crippen LogP contribution < -0.4 is 0 Å². The van der Waals surface area contributed by atoms with Crippen LogP contribution in [-0.4, -0.2) is 37.2 Å². The van der Waals surface area contributed by atoms with E-state index in [2.05, 4.69) is 75.5 Å². The molecule has 0 aliphatic carbocycles. The van der Waals surface area contributed by atoms with Gasteiger partial charge in [-0.05, 0) is 70.6 Å². The quantitative estimate of drug-likeness (QED) is 0.0261. The molecule has 0 amide bonds. The Morgan fingerprint density at radius 3 is 0.848 bits per heavy atom. The third-order valence-corrected chi connectivity index (χ3v) is 15.5. The molecular formula is C73H132O6. The van der Waals surface area contributed by atoms with Gasteiger partial charge in [0.25, 0.3) is 0 Å². The van der Waals surface area contributed by atoms with Gasteiger partial charge in [-0.2, -0.15) is 0 Å². The molecule has 79 heavy (non-hydrogen) atoms. The third-order valence-electron chi connectivity index (χ3n) is 15.5. The second kappa shape index (κ2) is 67.6. The number of esters is 3. The number of carbonyl (C=O) groups excluding carboxylic acids is 3. The van der Waals surface area contributed by atoms with E-state index in [4.69, 9.17) is 14.2 Å². The number of ether oxygens (including phenoxy) is 3. The van der Waals surface area contributed by atoms with Crippen LogP contribution in [0.15, 0.2) is 60.8 Å². The van der Waals surface area contributed by atoms with E-state index in [-0.39, 0.29) is 37.5 Å². The number of unbranched alkanes of at least 4 members (excludes halogenated alkanes) is 43. The number of rotatable bonds is 64. The fourth-order valence-corrected chi connectivity index (χ4v) is 10.3. The van der Waals surface area contributed by atoms with Crippen molar-refractivity contribution in [1.82, 2.24) is 0 Å². The fraction of sp³-hybridized carbons (Fsp3) is 0.822. The van der Waals surface area contributed by atoms with Crippen molar-refractivity contribution in [1.29, 1.82) is 0 Å². The molecule has 6 heteroatoms. The van der Waals surface area contributed by atoms with Gasteiger partial charge >= 0.3 is 17.9 Å². The molecule has 0 fully saturated rings. The zero-order valence-electron chi connectivity index (χ0n) is 52.9. The van der Waals surface area contributed by atoms with Crippen LogP contribution in [0.1, 0.15) is 367 Å². The molecule has 0 saturated heterocycles. The molecular weight excluding hydrogens is 973 g/mol. The zero-order chi connectivity index (χ0) is 57.1. The lowest BCUT2D eigenvalue weighted by molar-refractivity contribution is -0.166. The molecule has 0 aromatic carbocycles. The van der Waals surface area contributed by atoms with Crippen LogP contribution in [0.25, 0.3) is 0 Å². The Morgan fingerprint density at radius 1 is 0.266 bits per heavy atom. The highest BCUT2D eigenvalue weighted by atomic mass is 16.6. The highest BCUT2D eigenvalue weighted by Gasteiger charge is 2.19. The van der Waals surface area contributed by atoms with Crippen LogP contribution in [0.4, 0.5) is 0 Å². The van der Waals surface area contributed by atoms with Crippen molar-refractivity contribution < 1.29 is 28.6 Å². The van der Waals surface area contributed by atoms with E-state index in [1.807, 2.05) is 6.08 Å². The van der Waals surface area contributed by atoms with E-state index >= 15 is 0 Å². The highest BCUT2D eigenvalue weighted by molar-refractivity contribution is 5.71. The Kier molecular flexibility index (Phi) is 65.1. The summed E-state index contributed by atoms with van der Waals surface area (Å²) < 4.78 is 16.9. The predicted molar refractivity (Wildman–Crippen MR) is 344 cm³/mol. The van der Waals surface area contributed by atoms with Crippen molar-refractivity contribution in [3.05, 3.63) is 60.8 Å². The Labute approximate surface area is 491 Å². The summed E-state index contributed by atoms with van der Waals surface area (Å²) in [5.41, 5.74) is 0. The first kappa shape index (κ1) is 76.1. The van der Waals surface area contributed by atoms with Crippen molar-refractivity contribution in [3.63, 3.8) is 0 Å². The molecule has 0 aliphatic rings. The van der Waals surface area contributed by atoms with Crippen molar-refractivity contribution in [2.45, 2.75) is 374 Å². The molecule has 0 aliphatic heterocycles. The van der Waals surface area contributed by atoms with Crippen molar-refractivity contribution in [2.75, 3.05) is 13.2 Å². The monoisotopic (exact) mass is 1110 g/mol. The minimum atomic E-state index is -0.805. The normalized spacial score (nSPS) is 12.4. The average Bonchev–Trinajstić information content (AvgIpc) is 3.45. The van der Waals surface area contributed by atoms with Crippen LogP contribution in [0.2, 0.25) is 0 Å². The van der Waals surface area contributed by atoms with Gasteiger partial charge in [0.05, 0.1) is 0 Å². The number of carbonyl (C=O) groups is 3. The SMILES string of the molecule is CC/C=C\C/C=C\C/C=C\C/C=C\CCC(=O)OCC(COC(=O)CCCCCCCCCCCCCCCCCCCCCCCCCCCCCCCCC)OC(=O)CCCCCCCCC/C=C\CCCCCCCC. The van der Waals surface area contributed by atoms with Crippen molar-refractivity contribution in [3.8, 4) is 0 Å². The van der Waals surface area contributed by atoms with Crippen LogP contribution >= 0.6 is 0 Å². The van der Waals surface area contributed by atoms with Crippen LogP contribution in [0.5, 0.6) is 0 Å². The maximum atomic E-state index is 12.9. The molecule has 0 rings (SSSR count). The maximum Gasteiger partial charge on any atom is 0.306 e. The zero-order valence-corrected chi connectivity index (χ0v) is 52.9. The summed E-state index contributed by atoms with van der Waals surface area (Å²) >= 11 is 0. The Morgan fingerprint density at radius 2 is 0.519 bits per heavy atom. The van der Waals surface area contributed by atoms with Gasteiger partial charge in [0, 0.05) is 19.3 Å². The molecule has 1 unspecified atom stereocenters. The summed E-state index contributed by atoms with van der Waals surface area (Å²) in [7, 11) is 0. The molecule has 0 bridgehead atoms. The number of hydrogen-bond donors (Lipinski definition) is 0. The molecule has 0 saturated carbocycles. The third kappa shape index (κ3) is 65.8. The van der Waals surface area contributed by atoms with E-state index < -0.39 is 6.10 Å². The maximum absolute atomic E-state index is 12.9. The minimum Gasteiger partial charge on any atom is -0.462 e. The van der Waals surface area contributed by atoms with Gasteiger partial charge in [0.15, 0.2) is 6.10 Å². The Bertz CT molecular complexity index is 1410. The summed E-state index contributed by atoms with van der Waals surface area (Å²) in [5.74, 6) is -0.965. The smallest absolute Gasteiger partial charge is 0.306 e. The second-order valence-corrected chi connectivity index (χ2v) is 23.4. The molecule has 6 nitrogen and oxygen atoms in total. The van der Waals surface area contributed by atoms with E-state index in [0.717, 1.165) is 64.2 Å². The summed E-state index contributed by atoms with van der Waals surface area (Å²) in [6.07, 6.45) is 87.2. The highest BCUT2D eigenvalue weighted by Crippen LogP contribution is 2.18. The first-order valence-corrected chi connectivity index (χ1v) is 34.8. The van der Waals surface area contributed by atoms with Crippen LogP contribution in [0, 0.1) is 0 Å². The second-order valence-electron chi connectivity index (χ2n) is 23.4. The van der Waals surface area contributed by atoms with E-state index in [0.29, 0.717) is 19.3 Å². The summed E-state index contributed by atoms with van der Waals surface area (Å²) in [6, 6.07) is 0. The van der Waals surface area contributed by atoms with Gasteiger partial charge in [-0.1, -0.05) is 338 Å². The fourth-order valence-electron chi connectivity index (χ4n) is 10.3. The lowest BCUT2D eigenvalue weighted by Gasteiger charge is -2.18. The molecule has 0 N–H and O–H groups in total. The first-order chi connectivity index (χ1) is 39.0. The van der Waals surface area contributed by atoms with Crippen LogP contribution in [-0.2, 0) is 28.6 Å². The van der Waals surface area contributed by atoms with Gasteiger partial charge in [0.1, 0.15) is 13.2 Å². The minimum absolute atomic E-state index is 0.0947. The van der Waals surface area contributed by atoms with Crippen molar-refractivity contribution in [2.24, 2.45) is 0 Å². The molecule has 0 radical (unpaired) electrons. The summed E-state index contributed by atoms with van der Waals surface area (Å²) in [4.78, 5) is 38.3. The average molecular weight is 1110 g/mol. The number of allylic oxidation sites excluding steroid dienone is 10. The lowest BCUT2D eigenvalue weighted by Crippen LogP contribution is -2.30. The van der Waals surface area contributed by atoms with E-state index in [9.17, 15) is 14.4 Å². The van der Waals surface area contributed by atoms with E-state index in [1.165, 1.54) is 257 Å². The van der Waals surface area contributed by atoms with Gasteiger partial charge < -0.3 is 14.2 Å². The predicted octanol–water partition coefficient (Wildman–Crippen LogP) is 23.9.